The Kier molecular flexibility index (Phi) is 13.7. The number of rotatable bonds is 16. The van der Waals surface area contributed by atoms with Gasteiger partial charge in [0.2, 0.25) is 17.7 Å². The molecule has 2 aliphatic carbocycles. The number of carboxylic acid groups (broad SMARTS) is 1. The zero-order valence-electron chi connectivity index (χ0n) is 31.9. The van der Waals surface area contributed by atoms with E-state index >= 15 is 0 Å². The van der Waals surface area contributed by atoms with Gasteiger partial charge in [0.1, 0.15) is 11.6 Å². The van der Waals surface area contributed by atoms with E-state index in [9.17, 15) is 42.3 Å². The molecule has 20 heteroatoms. The Labute approximate surface area is 336 Å². The lowest BCUT2D eigenvalue weighted by Gasteiger charge is -2.31. The van der Waals surface area contributed by atoms with E-state index in [1.54, 1.807) is 32.9 Å². The molecule has 312 valence electrons. The zero-order chi connectivity index (χ0) is 42.3. The molecule has 3 amide bonds. The molecule has 1 heterocycles. The first-order chi connectivity index (χ1) is 27.3. The highest BCUT2D eigenvalue weighted by atomic mass is 35.5. The van der Waals surface area contributed by atoms with Crippen molar-refractivity contribution in [1.29, 1.82) is 0 Å². The van der Waals surface area contributed by atoms with Crippen LogP contribution in [0.25, 0.3) is 0 Å². The predicted octanol–water partition coefficient (Wildman–Crippen LogP) is 5.80. The van der Waals surface area contributed by atoms with E-state index < -0.39 is 72.1 Å². The van der Waals surface area contributed by atoms with Gasteiger partial charge in [-0.25, -0.2) is 9.59 Å². The number of anilines is 3. The molecule has 58 heavy (non-hydrogen) atoms. The zero-order valence-corrected chi connectivity index (χ0v) is 32.6. The Balaban J connectivity index is 1.15. The topological polar surface area (TPSA) is 223 Å². The number of hydrogen-bond donors (Lipinski definition) is 6. The number of Topliss-reactive ketones (excluding diaryl/α,β-unsaturated/α-hetero) is 1. The maximum Gasteiger partial charge on any atom is 0.422 e. The summed E-state index contributed by atoms with van der Waals surface area (Å²) in [5.74, 6) is -4.18. The van der Waals surface area contributed by atoms with Gasteiger partial charge in [0.15, 0.2) is 6.61 Å². The molecule has 0 spiro atoms. The van der Waals surface area contributed by atoms with E-state index in [1.165, 1.54) is 24.3 Å². The second kappa shape index (κ2) is 18.3. The highest BCUT2D eigenvalue weighted by Gasteiger charge is 2.45. The summed E-state index contributed by atoms with van der Waals surface area (Å²) in [6, 6.07) is 9.90. The molecule has 6 N–H and O–H groups in total. The number of halogens is 4. The second-order valence-corrected chi connectivity index (χ2v) is 15.5. The summed E-state index contributed by atoms with van der Waals surface area (Å²) in [5, 5.41) is 24.1. The van der Waals surface area contributed by atoms with Crippen LogP contribution in [0.2, 0.25) is 5.02 Å². The van der Waals surface area contributed by atoms with Crippen molar-refractivity contribution in [3.8, 4) is 6.01 Å². The minimum Gasteiger partial charge on any atom is -0.480 e. The normalized spacial score (nSPS) is 17.8. The lowest BCUT2D eigenvalue weighted by Crippen LogP contribution is -2.48. The Hall–Kier alpha value is -5.72. The Bertz CT molecular complexity index is 1980. The van der Waals surface area contributed by atoms with E-state index in [4.69, 9.17) is 21.1 Å². The molecule has 1 aromatic heterocycles. The molecule has 3 aromatic rings. The first-order valence-corrected chi connectivity index (χ1v) is 18.9. The van der Waals surface area contributed by atoms with Crippen LogP contribution >= 0.6 is 11.6 Å². The average molecular weight is 833 g/mol. The summed E-state index contributed by atoms with van der Waals surface area (Å²) < 4.78 is 49.0. The second-order valence-electron chi connectivity index (χ2n) is 15.1. The molecule has 3 atom stereocenters. The van der Waals surface area contributed by atoms with Crippen molar-refractivity contribution < 1.29 is 51.7 Å². The number of carboxylic acids is 1. The Morgan fingerprint density at radius 2 is 1.55 bits per heavy atom. The van der Waals surface area contributed by atoms with Gasteiger partial charge < -0.3 is 41.2 Å². The molecule has 0 bridgehead atoms. The van der Waals surface area contributed by atoms with Gasteiger partial charge in [-0.15, -0.1) is 0 Å². The fraction of sp³-hybridized carbons (Fsp3) is 0.474. The molecule has 0 saturated heterocycles. The number of nitrogens with zero attached hydrogens (tertiary/aromatic N) is 3. The van der Waals surface area contributed by atoms with Crippen molar-refractivity contribution in [2.24, 2.45) is 0 Å². The quantitative estimate of drug-likeness (QED) is 0.0942. The maximum absolute atomic E-state index is 13.0. The summed E-state index contributed by atoms with van der Waals surface area (Å²) in [6.07, 6.45) is -2.34. The number of carbonyl (C=O) groups is 5. The van der Waals surface area contributed by atoms with Crippen LogP contribution in [0, 0.1) is 0 Å². The molecule has 0 radical (unpaired) electrons. The van der Waals surface area contributed by atoms with Crippen molar-refractivity contribution in [2.45, 2.75) is 108 Å². The largest absolute Gasteiger partial charge is 0.480 e. The third-order valence-corrected chi connectivity index (χ3v) is 9.38. The van der Waals surface area contributed by atoms with E-state index in [1.807, 2.05) is 12.1 Å². The number of carbonyl (C=O) groups excluding carboxylic acids is 4. The highest BCUT2D eigenvalue weighted by Crippen LogP contribution is 2.48. The number of ketones is 1. The molecule has 2 fully saturated rings. The van der Waals surface area contributed by atoms with Crippen LogP contribution in [0.15, 0.2) is 48.5 Å². The van der Waals surface area contributed by atoms with Gasteiger partial charge in [-0.1, -0.05) is 23.7 Å². The number of alkyl carbamates (subject to hydrolysis) is 1. The van der Waals surface area contributed by atoms with Crippen LogP contribution in [0.3, 0.4) is 0 Å². The first kappa shape index (κ1) is 43.4. The molecule has 2 saturated carbocycles. The van der Waals surface area contributed by atoms with Crippen LogP contribution in [-0.2, 0) is 24.7 Å². The summed E-state index contributed by atoms with van der Waals surface area (Å²) >= 11 is 6.03. The van der Waals surface area contributed by atoms with Gasteiger partial charge in [-0.3, -0.25) is 14.4 Å². The molecule has 2 aromatic carbocycles. The van der Waals surface area contributed by atoms with E-state index in [0.29, 0.717) is 49.2 Å². The van der Waals surface area contributed by atoms with Crippen molar-refractivity contribution in [1.82, 2.24) is 30.9 Å². The van der Waals surface area contributed by atoms with Gasteiger partial charge in [-0.05, 0) is 108 Å². The number of alkyl halides is 3. The lowest BCUT2D eigenvalue weighted by atomic mass is 9.91. The average Bonchev–Trinajstić information content (AvgIpc) is 3.91. The number of amides is 3. The van der Waals surface area contributed by atoms with Crippen LogP contribution in [0.5, 0.6) is 6.01 Å². The van der Waals surface area contributed by atoms with Gasteiger partial charge >= 0.3 is 24.2 Å². The lowest BCUT2D eigenvalue weighted by molar-refractivity contribution is -0.154. The summed E-state index contributed by atoms with van der Waals surface area (Å²) in [5.41, 5.74) is -0.0231. The number of aromatic nitrogens is 3. The third-order valence-electron chi connectivity index (χ3n) is 9.13. The summed E-state index contributed by atoms with van der Waals surface area (Å²) in [7, 11) is 0. The molecule has 16 nitrogen and oxygen atoms in total. The number of benzene rings is 2. The molecule has 2 unspecified atom stereocenters. The fourth-order valence-electron chi connectivity index (χ4n) is 6.19. The van der Waals surface area contributed by atoms with Gasteiger partial charge in [0.25, 0.3) is 11.8 Å². The van der Waals surface area contributed by atoms with Gasteiger partial charge in [-0.2, -0.15) is 28.1 Å². The van der Waals surface area contributed by atoms with Crippen molar-refractivity contribution in [3.63, 3.8) is 0 Å². The maximum atomic E-state index is 13.0. The van der Waals surface area contributed by atoms with Gasteiger partial charge in [0, 0.05) is 34.8 Å². The fourth-order valence-corrected chi connectivity index (χ4v) is 6.31. The molecule has 0 aliphatic heterocycles. The van der Waals surface area contributed by atoms with Crippen LogP contribution in [0.1, 0.15) is 88.1 Å². The minimum atomic E-state index is -4.65. The summed E-state index contributed by atoms with van der Waals surface area (Å²) in [4.78, 5) is 74.8. The Morgan fingerprint density at radius 1 is 0.914 bits per heavy atom. The van der Waals surface area contributed by atoms with E-state index in [-0.39, 0.29) is 36.0 Å². The van der Waals surface area contributed by atoms with Crippen LogP contribution < -0.4 is 31.3 Å². The number of hydrogen-bond acceptors (Lipinski definition) is 12. The molecule has 2 aliphatic rings. The number of aliphatic carboxylic acids is 1. The van der Waals surface area contributed by atoms with Gasteiger partial charge in [0.05, 0.1) is 5.54 Å². The highest BCUT2D eigenvalue weighted by molar-refractivity contribution is 6.36. The number of ether oxygens (including phenoxy) is 2. The van der Waals surface area contributed by atoms with Crippen LogP contribution in [-0.4, -0.2) is 86.2 Å². The molecule has 5 rings (SSSR count). The third kappa shape index (κ3) is 13.2. The van der Waals surface area contributed by atoms with Crippen molar-refractivity contribution in [3.05, 3.63) is 64.7 Å². The monoisotopic (exact) mass is 832 g/mol. The molecular formula is C38H44ClF3N8O8. The standard InChI is InChI=1S/C38H44ClF3N8O8/c1-36(2,3)58-35(56)45-26-6-4-5-25(19-26)43-30(53)28(51)16-15-27(31(54)55)46-29(52)21-7-13-24(14-8-21)44-32-47-33(49-34(48-32)57-20-38(40,41)42)50-37(17-18-37)22-9-11-23(39)12-10-22/h7-14,25-27H,4-6,15-20H2,1-3H3,(H,43,53)(H,45,56)(H,46,52)(H,54,55)(H2,44,47,48,49,50)/t25?,26?,27-/m0/s1. The van der Waals surface area contributed by atoms with Crippen LogP contribution in [0.4, 0.5) is 35.5 Å². The van der Waals surface area contributed by atoms with Crippen molar-refractivity contribution in [2.75, 3.05) is 17.2 Å². The van der Waals surface area contributed by atoms with E-state index in [2.05, 4.69) is 41.5 Å². The minimum absolute atomic E-state index is 0.0403. The Morgan fingerprint density at radius 3 is 2.16 bits per heavy atom. The number of nitrogens with one attached hydrogen (secondary N) is 5. The predicted molar refractivity (Wildman–Crippen MR) is 204 cm³/mol. The van der Waals surface area contributed by atoms with Crippen molar-refractivity contribution >= 4 is 58.8 Å². The summed E-state index contributed by atoms with van der Waals surface area (Å²) in [6.45, 7) is 3.58. The SMILES string of the molecule is CC(C)(C)OC(=O)NC1CCCC(NC(=O)C(=O)CC[C@H](NC(=O)c2ccc(Nc3nc(NC4(c5ccc(Cl)cc5)CC4)nc(OCC(F)(F)F)n3)cc2)C(=O)O)C1. The molecular weight excluding hydrogens is 789 g/mol. The van der Waals surface area contributed by atoms with E-state index in [0.717, 1.165) is 5.56 Å². The smallest absolute Gasteiger partial charge is 0.422 e. The first-order valence-electron chi connectivity index (χ1n) is 18.5.